The molecule has 1 heterocycles. The first-order valence-electron chi connectivity index (χ1n) is 6.45. The van der Waals surface area contributed by atoms with Crippen LogP contribution in [0.5, 0.6) is 0 Å². The van der Waals surface area contributed by atoms with E-state index in [-0.39, 0.29) is 0 Å². The van der Waals surface area contributed by atoms with E-state index in [1.807, 2.05) is 0 Å². The SMILES string of the molecule is CCNCc1ccccc1N1CCCCC1. The zero-order valence-corrected chi connectivity index (χ0v) is 10.2. The lowest BCUT2D eigenvalue weighted by molar-refractivity contribution is 0.575. The summed E-state index contributed by atoms with van der Waals surface area (Å²) in [6, 6.07) is 8.80. The highest BCUT2D eigenvalue weighted by atomic mass is 15.1. The second kappa shape index (κ2) is 5.90. The van der Waals surface area contributed by atoms with Crippen LogP contribution in [-0.2, 0) is 6.54 Å². The number of rotatable bonds is 4. The van der Waals surface area contributed by atoms with Gasteiger partial charge in [0.25, 0.3) is 0 Å². The van der Waals surface area contributed by atoms with E-state index in [1.54, 1.807) is 0 Å². The molecule has 1 aliphatic heterocycles. The van der Waals surface area contributed by atoms with Gasteiger partial charge in [-0.25, -0.2) is 0 Å². The van der Waals surface area contributed by atoms with E-state index in [2.05, 4.69) is 41.4 Å². The second-order valence-corrected chi connectivity index (χ2v) is 4.46. The van der Waals surface area contributed by atoms with E-state index >= 15 is 0 Å². The molecule has 1 fully saturated rings. The van der Waals surface area contributed by atoms with Crippen molar-refractivity contribution in [3.63, 3.8) is 0 Å². The minimum Gasteiger partial charge on any atom is -0.371 e. The highest BCUT2D eigenvalue weighted by molar-refractivity contribution is 5.53. The van der Waals surface area contributed by atoms with Crippen LogP contribution in [0.4, 0.5) is 5.69 Å². The third-order valence-corrected chi connectivity index (χ3v) is 3.25. The second-order valence-electron chi connectivity index (χ2n) is 4.46. The van der Waals surface area contributed by atoms with E-state index in [1.165, 1.54) is 43.6 Å². The first kappa shape index (κ1) is 11.5. The van der Waals surface area contributed by atoms with E-state index in [4.69, 9.17) is 0 Å². The van der Waals surface area contributed by atoms with Gasteiger partial charge in [-0.05, 0) is 37.4 Å². The van der Waals surface area contributed by atoms with Crippen LogP contribution in [0.25, 0.3) is 0 Å². The number of para-hydroxylation sites is 1. The Bertz CT molecular complexity index is 316. The van der Waals surface area contributed by atoms with Gasteiger partial charge in [0.1, 0.15) is 0 Å². The molecule has 88 valence electrons. The molecule has 1 aliphatic rings. The number of nitrogens with one attached hydrogen (secondary N) is 1. The molecule has 0 bridgehead atoms. The average Bonchev–Trinajstić information content (AvgIpc) is 2.38. The summed E-state index contributed by atoms with van der Waals surface area (Å²) in [4.78, 5) is 2.54. The highest BCUT2D eigenvalue weighted by Gasteiger charge is 2.13. The van der Waals surface area contributed by atoms with Crippen molar-refractivity contribution in [3.8, 4) is 0 Å². The third-order valence-electron chi connectivity index (χ3n) is 3.25. The van der Waals surface area contributed by atoms with Gasteiger partial charge in [-0.2, -0.15) is 0 Å². The number of anilines is 1. The molecule has 0 aromatic heterocycles. The lowest BCUT2D eigenvalue weighted by Crippen LogP contribution is -2.30. The van der Waals surface area contributed by atoms with Gasteiger partial charge in [0.2, 0.25) is 0 Å². The van der Waals surface area contributed by atoms with E-state index < -0.39 is 0 Å². The van der Waals surface area contributed by atoms with Crippen molar-refractivity contribution in [1.29, 1.82) is 0 Å². The van der Waals surface area contributed by atoms with Crippen LogP contribution >= 0.6 is 0 Å². The van der Waals surface area contributed by atoms with Crippen molar-refractivity contribution in [2.45, 2.75) is 32.7 Å². The molecule has 1 aromatic carbocycles. The molecular weight excluding hydrogens is 196 g/mol. The van der Waals surface area contributed by atoms with Crippen molar-refractivity contribution in [3.05, 3.63) is 29.8 Å². The van der Waals surface area contributed by atoms with Crippen LogP contribution in [-0.4, -0.2) is 19.6 Å². The van der Waals surface area contributed by atoms with Crippen LogP contribution in [0.3, 0.4) is 0 Å². The van der Waals surface area contributed by atoms with Gasteiger partial charge in [0.15, 0.2) is 0 Å². The molecule has 0 saturated carbocycles. The minimum absolute atomic E-state index is 0.989. The summed E-state index contributed by atoms with van der Waals surface area (Å²) in [6.07, 6.45) is 4.08. The summed E-state index contributed by atoms with van der Waals surface area (Å²) in [7, 11) is 0. The molecule has 2 rings (SSSR count). The molecule has 16 heavy (non-hydrogen) atoms. The van der Waals surface area contributed by atoms with Crippen molar-refractivity contribution in [1.82, 2.24) is 5.32 Å². The molecule has 2 heteroatoms. The Labute approximate surface area is 98.7 Å². The maximum atomic E-state index is 3.42. The summed E-state index contributed by atoms with van der Waals surface area (Å²) < 4.78 is 0. The Balaban J connectivity index is 2.11. The summed E-state index contributed by atoms with van der Waals surface area (Å²) in [5.74, 6) is 0. The molecule has 0 spiro atoms. The fourth-order valence-corrected chi connectivity index (χ4v) is 2.36. The summed E-state index contributed by atoms with van der Waals surface area (Å²) in [6.45, 7) is 6.63. The topological polar surface area (TPSA) is 15.3 Å². The molecule has 0 aliphatic carbocycles. The van der Waals surface area contributed by atoms with Crippen LogP contribution in [0.15, 0.2) is 24.3 Å². The molecule has 0 amide bonds. The van der Waals surface area contributed by atoms with Gasteiger partial charge in [0, 0.05) is 25.3 Å². The van der Waals surface area contributed by atoms with Gasteiger partial charge >= 0.3 is 0 Å². The van der Waals surface area contributed by atoms with Crippen molar-refractivity contribution < 1.29 is 0 Å². The molecular formula is C14H22N2. The Kier molecular flexibility index (Phi) is 4.23. The maximum absolute atomic E-state index is 3.42. The van der Waals surface area contributed by atoms with Crippen molar-refractivity contribution in [2.75, 3.05) is 24.5 Å². The van der Waals surface area contributed by atoms with Crippen LogP contribution in [0.2, 0.25) is 0 Å². The Hall–Kier alpha value is -1.02. The standard InChI is InChI=1S/C14H22N2/c1-2-15-12-13-8-4-5-9-14(13)16-10-6-3-7-11-16/h4-5,8-9,15H,2-3,6-7,10-12H2,1H3. The quantitative estimate of drug-likeness (QED) is 0.836. The van der Waals surface area contributed by atoms with Crippen LogP contribution < -0.4 is 10.2 Å². The number of hydrogen-bond donors (Lipinski definition) is 1. The zero-order chi connectivity index (χ0) is 11.2. The molecule has 1 aromatic rings. The van der Waals surface area contributed by atoms with E-state index in [0.717, 1.165) is 13.1 Å². The number of benzene rings is 1. The predicted octanol–water partition coefficient (Wildman–Crippen LogP) is 2.79. The van der Waals surface area contributed by atoms with Crippen LogP contribution in [0, 0.1) is 0 Å². The molecule has 0 radical (unpaired) electrons. The van der Waals surface area contributed by atoms with Gasteiger partial charge in [-0.1, -0.05) is 25.1 Å². The molecule has 1 saturated heterocycles. The lowest BCUT2D eigenvalue weighted by Gasteiger charge is -2.30. The third kappa shape index (κ3) is 2.76. The molecule has 2 nitrogen and oxygen atoms in total. The summed E-state index contributed by atoms with van der Waals surface area (Å²) in [5.41, 5.74) is 2.87. The Morgan fingerprint density at radius 1 is 1.12 bits per heavy atom. The summed E-state index contributed by atoms with van der Waals surface area (Å²) in [5, 5.41) is 3.42. The molecule has 0 atom stereocenters. The van der Waals surface area contributed by atoms with E-state index in [0.29, 0.717) is 0 Å². The van der Waals surface area contributed by atoms with Crippen molar-refractivity contribution >= 4 is 5.69 Å². The van der Waals surface area contributed by atoms with Crippen LogP contribution in [0.1, 0.15) is 31.7 Å². The summed E-state index contributed by atoms with van der Waals surface area (Å²) >= 11 is 0. The fraction of sp³-hybridized carbons (Fsp3) is 0.571. The number of nitrogens with zero attached hydrogens (tertiary/aromatic N) is 1. The Morgan fingerprint density at radius 2 is 1.88 bits per heavy atom. The first-order chi connectivity index (χ1) is 7.92. The fourth-order valence-electron chi connectivity index (χ4n) is 2.36. The van der Waals surface area contributed by atoms with Gasteiger partial charge in [-0.15, -0.1) is 0 Å². The predicted molar refractivity (Wildman–Crippen MR) is 69.9 cm³/mol. The smallest absolute Gasteiger partial charge is 0.0411 e. The maximum Gasteiger partial charge on any atom is 0.0411 e. The average molecular weight is 218 g/mol. The van der Waals surface area contributed by atoms with E-state index in [9.17, 15) is 0 Å². The van der Waals surface area contributed by atoms with Gasteiger partial charge < -0.3 is 10.2 Å². The monoisotopic (exact) mass is 218 g/mol. The normalized spacial score (nSPS) is 16.4. The lowest BCUT2D eigenvalue weighted by atomic mass is 10.1. The van der Waals surface area contributed by atoms with Crippen molar-refractivity contribution in [2.24, 2.45) is 0 Å². The Morgan fingerprint density at radius 3 is 2.62 bits per heavy atom. The highest BCUT2D eigenvalue weighted by Crippen LogP contribution is 2.23. The van der Waals surface area contributed by atoms with Gasteiger partial charge in [-0.3, -0.25) is 0 Å². The first-order valence-corrected chi connectivity index (χ1v) is 6.45. The molecule has 1 N–H and O–H groups in total. The molecule has 0 unspecified atom stereocenters. The minimum atomic E-state index is 0.989. The largest absolute Gasteiger partial charge is 0.371 e. The number of piperidine rings is 1. The van der Waals surface area contributed by atoms with Gasteiger partial charge in [0.05, 0.1) is 0 Å². The zero-order valence-electron chi connectivity index (χ0n) is 10.2. The number of hydrogen-bond acceptors (Lipinski definition) is 2.